The standard InChI is InChI=1S/C31H26N2O6/c1-17-4-15-24(25(16-17)33(36)37)32-30(34)28-22-13-14-23(29(28)31(32)35)27(22)26(18-5-9-20(38-2)10-6-18)19-7-11-21(39-3)12-8-19/h4-16,22-23,28-29H,1-3H3/t22-,23-,28-,29+/m1/s1. The first-order valence-electron chi connectivity index (χ1n) is 12.7. The highest BCUT2D eigenvalue weighted by Crippen LogP contribution is 2.59. The van der Waals surface area contributed by atoms with E-state index in [1.165, 1.54) is 12.1 Å². The summed E-state index contributed by atoms with van der Waals surface area (Å²) in [6, 6.07) is 20.0. The molecule has 0 unspecified atom stereocenters. The van der Waals surface area contributed by atoms with Crippen molar-refractivity contribution in [2.24, 2.45) is 23.7 Å². The van der Waals surface area contributed by atoms with Crippen LogP contribution in [0, 0.1) is 40.7 Å². The largest absolute Gasteiger partial charge is 0.497 e. The number of nitrogens with zero attached hydrogens (tertiary/aromatic N) is 2. The van der Waals surface area contributed by atoms with Gasteiger partial charge in [0.15, 0.2) is 0 Å². The number of amides is 2. The zero-order chi connectivity index (χ0) is 27.4. The van der Waals surface area contributed by atoms with E-state index >= 15 is 0 Å². The maximum atomic E-state index is 13.8. The van der Waals surface area contributed by atoms with Gasteiger partial charge in [0, 0.05) is 17.9 Å². The molecule has 196 valence electrons. The second-order valence-corrected chi connectivity index (χ2v) is 10.0. The molecular formula is C31H26N2O6. The molecule has 8 nitrogen and oxygen atoms in total. The number of hydrogen-bond acceptors (Lipinski definition) is 6. The summed E-state index contributed by atoms with van der Waals surface area (Å²) >= 11 is 0. The van der Waals surface area contributed by atoms with Crippen LogP contribution in [0.1, 0.15) is 16.7 Å². The van der Waals surface area contributed by atoms with Crippen molar-refractivity contribution in [3.05, 3.63) is 111 Å². The average Bonchev–Trinajstić information content (AvgIpc) is 3.58. The number of fused-ring (bicyclic) bond motifs is 5. The normalized spacial score (nSPS) is 22.8. The number of benzene rings is 3. The quantitative estimate of drug-likeness (QED) is 0.187. The molecule has 1 saturated carbocycles. The fourth-order valence-electron chi connectivity index (χ4n) is 6.32. The van der Waals surface area contributed by atoms with Gasteiger partial charge in [-0.25, -0.2) is 4.90 Å². The van der Waals surface area contributed by atoms with Crippen molar-refractivity contribution in [2.45, 2.75) is 6.92 Å². The Balaban J connectivity index is 1.47. The van der Waals surface area contributed by atoms with Gasteiger partial charge < -0.3 is 9.47 Å². The van der Waals surface area contributed by atoms with Crippen LogP contribution in [-0.4, -0.2) is 31.0 Å². The molecule has 3 aromatic rings. The topological polar surface area (TPSA) is 99.0 Å². The van der Waals surface area contributed by atoms with Crippen molar-refractivity contribution >= 4 is 28.8 Å². The number of hydrogen-bond donors (Lipinski definition) is 0. The van der Waals surface area contributed by atoms with Crippen molar-refractivity contribution in [3.63, 3.8) is 0 Å². The first-order chi connectivity index (χ1) is 18.8. The minimum Gasteiger partial charge on any atom is -0.497 e. The van der Waals surface area contributed by atoms with Crippen LogP contribution in [0.15, 0.2) is 84.5 Å². The number of carbonyl (C=O) groups is 2. The Morgan fingerprint density at radius 3 is 1.72 bits per heavy atom. The van der Waals surface area contributed by atoms with Crippen LogP contribution in [0.3, 0.4) is 0 Å². The lowest BCUT2D eigenvalue weighted by Crippen LogP contribution is -2.33. The van der Waals surface area contributed by atoms with Gasteiger partial charge >= 0.3 is 0 Å². The summed E-state index contributed by atoms with van der Waals surface area (Å²) in [5, 5.41) is 11.8. The van der Waals surface area contributed by atoms with E-state index in [9.17, 15) is 19.7 Å². The van der Waals surface area contributed by atoms with Crippen LogP contribution in [0.2, 0.25) is 0 Å². The molecule has 2 amide bonds. The SMILES string of the molecule is COc1ccc(C(=C2[C@H]3C=C[C@H]2[C@H]2C(=O)N(c4ccc(C)cc4[N+](=O)[O-])C(=O)[C@H]23)c2ccc(OC)cc2)cc1. The third-order valence-electron chi connectivity index (χ3n) is 8.03. The summed E-state index contributed by atoms with van der Waals surface area (Å²) in [5.74, 6) is -1.17. The maximum Gasteiger partial charge on any atom is 0.293 e. The number of nitro benzene ring substituents is 1. The minimum atomic E-state index is -0.616. The number of nitro groups is 1. The molecule has 1 saturated heterocycles. The molecule has 0 N–H and O–H groups in total. The number of anilines is 1. The zero-order valence-corrected chi connectivity index (χ0v) is 21.7. The third-order valence-corrected chi connectivity index (χ3v) is 8.03. The molecule has 8 heteroatoms. The summed E-state index contributed by atoms with van der Waals surface area (Å²) < 4.78 is 10.7. The van der Waals surface area contributed by atoms with E-state index in [0.717, 1.165) is 38.7 Å². The lowest BCUT2D eigenvalue weighted by molar-refractivity contribution is -0.384. The molecule has 39 heavy (non-hydrogen) atoms. The first kappa shape index (κ1) is 24.6. The van der Waals surface area contributed by atoms with Crippen LogP contribution < -0.4 is 14.4 Å². The van der Waals surface area contributed by atoms with Crippen molar-refractivity contribution in [1.29, 1.82) is 0 Å². The minimum absolute atomic E-state index is 0.0328. The molecule has 2 fully saturated rings. The van der Waals surface area contributed by atoms with Gasteiger partial charge in [0.1, 0.15) is 17.2 Å². The maximum absolute atomic E-state index is 13.8. The van der Waals surface area contributed by atoms with E-state index < -0.39 is 28.6 Å². The fourth-order valence-corrected chi connectivity index (χ4v) is 6.32. The van der Waals surface area contributed by atoms with E-state index in [1.54, 1.807) is 27.2 Å². The molecule has 3 aliphatic rings. The van der Waals surface area contributed by atoms with Crippen LogP contribution in [0.5, 0.6) is 11.5 Å². The third kappa shape index (κ3) is 3.74. The number of imide groups is 1. The molecule has 2 aliphatic carbocycles. The van der Waals surface area contributed by atoms with Crippen LogP contribution in [0.25, 0.3) is 5.57 Å². The number of ether oxygens (including phenoxy) is 2. The molecule has 1 aliphatic heterocycles. The van der Waals surface area contributed by atoms with E-state index in [2.05, 4.69) is 0 Å². The van der Waals surface area contributed by atoms with Gasteiger partial charge in [0.25, 0.3) is 5.69 Å². The van der Waals surface area contributed by atoms with Crippen LogP contribution in [-0.2, 0) is 9.59 Å². The van der Waals surface area contributed by atoms with Gasteiger partial charge in [0.05, 0.1) is 31.0 Å². The Morgan fingerprint density at radius 2 is 1.28 bits per heavy atom. The number of carbonyl (C=O) groups excluding carboxylic acids is 2. The smallest absolute Gasteiger partial charge is 0.293 e. The highest BCUT2D eigenvalue weighted by Gasteiger charge is 2.63. The molecule has 0 radical (unpaired) electrons. The van der Waals surface area contributed by atoms with Crippen LogP contribution in [0.4, 0.5) is 11.4 Å². The Bertz CT molecular complexity index is 1490. The fraction of sp³-hybridized carbons (Fsp3) is 0.226. The molecular weight excluding hydrogens is 496 g/mol. The van der Waals surface area contributed by atoms with Gasteiger partial charge in [0.2, 0.25) is 11.8 Å². The van der Waals surface area contributed by atoms with Crippen molar-refractivity contribution in [3.8, 4) is 11.5 Å². The van der Waals surface area contributed by atoms with E-state index in [0.29, 0.717) is 5.56 Å². The van der Waals surface area contributed by atoms with E-state index in [-0.39, 0.29) is 23.2 Å². The average molecular weight is 523 g/mol. The molecule has 6 rings (SSSR count). The number of methoxy groups -OCH3 is 2. The number of aryl methyl sites for hydroxylation is 1. The zero-order valence-electron chi connectivity index (χ0n) is 21.7. The second-order valence-electron chi connectivity index (χ2n) is 10.0. The highest BCUT2D eigenvalue weighted by molar-refractivity contribution is 6.24. The van der Waals surface area contributed by atoms with E-state index in [1.807, 2.05) is 60.7 Å². The van der Waals surface area contributed by atoms with Crippen molar-refractivity contribution in [2.75, 3.05) is 19.1 Å². The van der Waals surface area contributed by atoms with Gasteiger partial charge in [-0.2, -0.15) is 0 Å². The van der Waals surface area contributed by atoms with Gasteiger partial charge in [-0.1, -0.05) is 42.5 Å². The molecule has 0 spiro atoms. The monoisotopic (exact) mass is 522 g/mol. The molecule has 2 bridgehead atoms. The summed E-state index contributed by atoms with van der Waals surface area (Å²) in [6.45, 7) is 1.74. The van der Waals surface area contributed by atoms with Gasteiger partial charge in [-0.3, -0.25) is 19.7 Å². The van der Waals surface area contributed by atoms with E-state index in [4.69, 9.17) is 9.47 Å². The lowest BCUT2D eigenvalue weighted by Gasteiger charge is -2.22. The summed E-state index contributed by atoms with van der Waals surface area (Å²) in [6.07, 6.45) is 4.01. The molecule has 3 aromatic carbocycles. The second kappa shape index (κ2) is 9.23. The molecule has 4 atom stereocenters. The molecule has 1 heterocycles. The first-order valence-corrected chi connectivity index (χ1v) is 12.7. The Morgan fingerprint density at radius 1 is 0.795 bits per heavy atom. The predicted molar refractivity (Wildman–Crippen MR) is 145 cm³/mol. The highest BCUT2D eigenvalue weighted by atomic mass is 16.6. The van der Waals surface area contributed by atoms with Gasteiger partial charge in [-0.05, 0) is 65.1 Å². The predicted octanol–water partition coefficient (Wildman–Crippen LogP) is 5.34. The molecule has 0 aromatic heterocycles. The van der Waals surface area contributed by atoms with Crippen molar-refractivity contribution in [1.82, 2.24) is 0 Å². The van der Waals surface area contributed by atoms with Gasteiger partial charge in [-0.15, -0.1) is 0 Å². The van der Waals surface area contributed by atoms with Crippen LogP contribution >= 0.6 is 0 Å². The summed E-state index contributed by atoms with van der Waals surface area (Å²) in [7, 11) is 3.23. The lowest BCUT2D eigenvalue weighted by atomic mass is 9.85. The Kier molecular flexibility index (Phi) is 5.83. The summed E-state index contributed by atoms with van der Waals surface area (Å²) in [5.41, 5.74) is 4.33. The Hall–Kier alpha value is -4.72. The number of allylic oxidation sites excluding steroid dienone is 3. The van der Waals surface area contributed by atoms with Crippen molar-refractivity contribution < 1.29 is 24.0 Å². The number of rotatable bonds is 6. The summed E-state index contributed by atoms with van der Waals surface area (Å²) in [4.78, 5) is 40.0. The Labute approximate surface area is 225 Å².